The molecular formula is C42H48N6O6Si. The molecule has 1 aliphatic rings. The third-order valence-corrected chi connectivity index (χ3v) is 14.2. The summed E-state index contributed by atoms with van der Waals surface area (Å²) in [6.45, 7) is 16.2. The van der Waals surface area contributed by atoms with Crippen molar-refractivity contribution in [2.75, 3.05) is 6.61 Å². The Labute approximate surface area is 322 Å². The summed E-state index contributed by atoms with van der Waals surface area (Å²) in [5.74, 6) is 0.0341. The van der Waals surface area contributed by atoms with Crippen molar-refractivity contribution in [1.29, 1.82) is 0 Å². The molecule has 1 fully saturated rings. The molecule has 5 aromatic rings. The van der Waals surface area contributed by atoms with E-state index >= 15 is 0 Å². The van der Waals surface area contributed by atoms with Gasteiger partial charge in [-0.05, 0) is 84.8 Å². The Morgan fingerprint density at radius 2 is 1.58 bits per heavy atom. The maximum Gasteiger partial charge on any atom is 0.511 e. The number of tetrazole rings is 1. The first-order chi connectivity index (χ1) is 26.8. The van der Waals surface area contributed by atoms with Crippen molar-refractivity contribution in [3.05, 3.63) is 116 Å². The summed E-state index contributed by atoms with van der Waals surface area (Å²) in [5, 5.41) is 13.2. The van der Waals surface area contributed by atoms with Gasteiger partial charge in [-0.1, -0.05) is 84.5 Å². The fourth-order valence-corrected chi connectivity index (χ4v) is 10.8. The monoisotopic (exact) mass is 760 g/mol. The number of rotatable bonds is 17. The van der Waals surface area contributed by atoms with Gasteiger partial charge in [0.15, 0.2) is 5.82 Å². The van der Waals surface area contributed by atoms with E-state index in [1.165, 1.54) is 6.92 Å². The zero-order chi connectivity index (χ0) is 38.8. The molecule has 2 aromatic heterocycles. The van der Waals surface area contributed by atoms with Crippen molar-refractivity contribution >= 4 is 31.4 Å². The van der Waals surface area contributed by atoms with Crippen LogP contribution in [0.25, 0.3) is 33.5 Å². The summed E-state index contributed by atoms with van der Waals surface area (Å²) in [5.41, 5.74) is 5.20. The number of fused-ring (bicyclic) bond motifs is 1. The van der Waals surface area contributed by atoms with E-state index in [0.29, 0.717) is 36.0 Å². The van der Waals surface area contributed by atoms with Crippen molar-refractivity contribution in [1.82, 2.24) is 29.4 Å². The van der Waals surface area contributed by atoms with E-state index in [0.717, 1.165) is 72.5 Å². The molecule has 1 aliphatic carbocycles. The zero-order valence-corrected chi connectivity index (χ0v) is 32.6. The molecule has 13 heteroatoms. The van der Waals surface area contributed by atoms with Crippen LogP contribution in [0.3, 0.4) is 0 Å². The second-order valence-corrected chi connectivity index (χ2v) is 17.8. The predicted octanol–water partition coefficient (Wildman–Crippen LogP) is 9.14. The van der Waals surface area contributed by atoms with Crippen LogP contribution in [0.15, 0.2) is 105 Å². The number of aromatic nitrogens is 6. The fraction of sp³-hybridized carbons (Fsp3) is 0.333. The van der Waals surface area contributed by atoms with Gasteiger partial charge in [-0.3, -0.25) is 8.91 Å². The van der Waals surface area contributed by atoms with Gasteiger partial charge in [-0.2, -0.15) is 4.98 Å². The van der Waals surface area contributed by atoms with Crippen molar-refractivity contribution < 1.29 is 28.5 Å². The van der Waals surface area contributed by atoms with Crippen LogP contribution in [0.4, 0.5) is 4.79 Å². The lowest BCUT2D eigenvalue weighted by molar-refractivity contribution is -0.0914. The van der Waals surface area contributed by atoms with Gasteiger partial charge in [0, 0.05) is 12.5 Å². The number of allylic oxidation sites excluding steroid dienone is 3. The van der Waals surface area contributed by atoms with Gasteiger partial charge < -0.3 is 18.9 Å². The fourth-order valence-electron chi connectivity index (χ4n) is 7.33. The number of hydrogen-bond donors (Lipinski definition) is 0. The molecule has 0 N–H and O–H groups in total. The molecule has 55 heavy (non-hydrogen) atoms. The number of benzene rings is 3. The normalized spacial score (nSPS) is 13.9. The lowest BCUT2D eigenvalue weighted by atomic mass is 9.98. The highest BCUT2D eigenvalue weighted by molar-refractivity contribution is 6.79. The quantitative estimate of drug-likeness (QED) is 0.0391. The van der Waals surface area contributed by atoms with Crippen LogP contribution in [-0.4, -0.2) is 68.8 Å². The van der Waals surface area contributed by atoms with Crippen LogP contribution in [0.2, 0.25) is 18.1 Å². The standard InChI is InChI=1S/C42H48N6O6Si/c1-6-26-55(27-7-2,28-8-3)48-39(44-45-46-48)35-19-14-13-18-34(35)32-24-22-31(23-25-32)29-47-38-36(20-15-21-37(38)43-41(47)51-9-4)40(49)52-30(5)53-42(50)54-33-16-11-10-12-17-33/h6-8,13-15,18-25,30,33H,1-3,9-12,16-17,26-29H2,4-5H3. The molecule has 12 nitrogen and oxygen atoms in total. The SMILES string of the molecule is C=CC[Si](CC=C)(CC=C)n1nnnc1-c1ccccc1-c1ccc(Cn2c(OCC)nc3cccc(C(=O)OC(C)OC(=O)OC4CCCCC4)c32)cc1. The number of hydrogen-bond acceptors (Lipinski definition) is 10. The van der Waals surface area contributed by atoms with E-state index < -0.39 is 26.7 Å². The van der Waals surface area contributed by atoms with E-state index in [2.05, 4.69) is 53.5 Å². The first-order valence-corrected chi connectivity index (χ1v) is 21.4. The van der Waals surface area contributed by atoms with E-state index in [4.69, 9.17) is 23.9 Å². The Morgan fingerprint density at radius 3 is 2.25 bits per heavy atom. The molecule has 0 radical (unpaired) electrons. The molecule has 1 unspecified atom stereocenters. The number of para-hydroxylation sites is 1. The Balaban J connectivity index is 1.26. The summed E-state index contributed by atoms with van der Waals surface area (Å²) in [6.07, 6.45) is 8.40. The topological polar surface area (TPSA) is 132 Å². The number of carbonyl (C=O) groups is 2. The molecule has 0 bridgehead atoms. The minimum atomic E-state index is -2.34. The lowest BCUT2D eigenvalue weighted by Crippen LogP contribution is -2.43. The average molecular weight is 761 g/mol. The van der Waals surface area contributed by atoms with Crippen LogP contribution >= 0.6 is 0 Å². The average Bonchev–Trinajstić information content (AvgIpc) is 3.81. The summed E-state index contributed by atoms with van der Waals surface area (Å²) in [6, 6.07) is 24.2. The lowest BCUT2D eigenvalue weighted by Gasteiger charge is -2.29. The van der Waals surface area contributed by atoms with E-state index in [-0.39, 0.29) is 11.7 Å². The minimum absolute atomic E-state index is 0.175. The summed E-state index contributed by atoms with van der Waals surface area (Å²) in [7, 11) is -2.34. The molecule has 0 aliphatic heterocycles. The molecule has 6 rings (SSSR count). The second kappa shape index (κ2) is 18.0. The first kappa shape index (κ1) is 38.9. The summed E-state index contributed by atoms with van der Waals surface area (Å²) in [4.78, 5) is 30.7. The summed E-state index contributed by atoms with van der Waals surface area (Å²) >= 11 is 0. The molecule has 2 heterocycles. The van der Waals surface area contributed by atoms with Crippen LogP contribution in [0.5, 0.6) is 6.01 Å². The van der Waals surface area contributed by atoms with Crippen LogP contribution in [0.1, 0.15) is 61.9 Å². The molecule has 1 saturated carbocycles. The molecular weight excluding hydrogens is 713 g/mol. The summed E-state index contributed by atoms with van der Waals surface area (Å²) < 4.78 is 26.1. The van der Waals surface area contributed by atoms with E-state index in [1.807, 2.05) is 70.5 Å². The molecule has 0 amide bonds. The Morgan fingerprint density at radius 1 is 0.891 bits per heavy atom. The first-order valence-electron chi connectivity index (χ1n) is 18.8. The maximum absolute atomic E-state index is 13.6. The maximum atomic E-state index is 13.6. The number of esters is 1. The van der Waals surface area contributed by atoms with Crippen molar-refractivity contribution in [3.8, 4) is 28.5 Å². The van der Waals surface area contributed by atoms with Gasteiger partial charge >= 0.3 is 12.1 Å². The highest BCUT2D eigenvalue weighted by Gasteiger charge is 2.37. The van der Waals surface area contributed by atoms with Crippen LogP contribution in [0, 0.1) is 0 Å². The van der Waals surface area contributed by atoms with Gasteiger partial charge in [0.05, 0.1) is 29.7 Å². The van der Waals surface area contributed by atoms with Gasteiger partial charge in [0.2, 0.25) is 14.5 Å². The van der Waals surface area contributed by atoms with Gasteiger partial charge in [-0.25, -0.2) is 9.59 Å². The number of ether oxygens (including phenoxy) is 4. The zero-order valence-electron chi connectivity index (χ0n) is 31.6. The predicted molar refractivity (Wildman–Crippen MR) is 214 cm³/mol. The van der Waals surface area contributed by atoms with Gasteiger partial charge in [0.1, 0.15) is 6.10 Å². The highest BCUT2D eigenvalue weighted by atomic mass is 28.3. The molecule has 286 valence electrons. The smallest absolute Gasteiger partial charge is 0.465 e. The Kier molecular flexibility index (Phi) is 12.7. The highest BCUT2D eigenvalue weighted by Crippen LogP contribution is 2.35. The largest absolute Gasteiger partial charge is 0.511 e. The molecule has 1 atom stereocenters. The van der Waals surface area contributed by atoms with Gasteiger partial charge in [0.25, 0.3) is 6.01 Å². The van der Waals surface area contributed by atoms with Crippen molar-refractivity contribution in [3.63, 3.8) is 0 Å². The molecule has 3 aromatic carbocycles. The molecule has 0 spiro atoms. The Hall–Kier alpha value is -5.82. The number of nitrogens with zero attached hydrogens (tertiary/aromatic N) is 6. The number of carbonyl (C=O) groups excluding carboxylic acids is 2. The van der Waals surface area contributed by atoms with E-state index in [9.17, 15) is 9.59 Å². The van der Waals surface area contributed by atoms with Crippen LogP contribution < -0.4 is 4.74 Å². The molecule has 0 saturated heterocycles. The van der Waals surface area contributed by atoms with E-state index in [1.54, 1.807) is 12.1 Å². The van der Waals surface area contributed by atoms with Crippen molar-refractivity contribution in [2.45, 2.75) is 83.0 Å². The minimum Gasteiger partial charge on any atom is -0.465 e. The van der Waals surface area contributed by atoms with Crippen molar-refractivity contribution in [2.24, 2.45) is 0 Å². The van der Waals surface area contributed by atoms with Crippen LogP contribution in [-0.2, 0) is 20.8 Å². The second-order valence-electron chi connectivity index (χ2n) is 13.7. The van der Waals surface area contributed by atoms with Gasteiger partial charge in [-0.15, -0.1) is 24.8 Å². The number of imidazole rings is 1. The Bertz CT molecular complexity index is 2110. The third-order valence-electron chi connectivity index (χ3n) is 9.84. The third kappa shape index (κ3) is 8.78.